The first kappa shape index (κ1) is 28.8. The molecule has 1 aliphatic rings. The first-order valence-electron chi connectivity index (χ1n) is 12.9. The third-order valence-electron chi connectivity index (χ3n) is 7.19. The lowest BCUT2D eigenvalue weighted by atomic mass is 9.85. The number of amides is 1. The largest absolute Gasteiger partial charge is 0.349 e. The fourth-order valence-corrected chi connectivity index (χ4v) is 6.10. The van der Waals surface area contributed by atoms with E-state index in [-0.39, 0.29) is 40.2 Å². The number of alkyl halides is 2. The van der Waals surface area contributed by atoms with Gasteiger partial charge >= 0.3 is 0 Å². The Morgan fingerprint density at radius 2 is 1.62 bits per heavy atom. The van der Waals surface area contributed by atoms with Gasteiger partial charge < -0.3 is 11.1 Å². The van der Waals surface area contributed by atoms with Gasteiger partial charge in [-0.1, -0.05) is 42.5 Å². The van der Waals surface area contributed by atoms with Crippen LogP contribution >= 0.6 is 0 Å². The van der Waals surface area contributed by atoms with Crippen LogP contribution in [0.25, 0.3) is 11.1 Å². The molecule has 0 bridgehead atoms. The molecule has 0 radical (unpaired) electrons. The van der Waals surface area contributed by atoms with Gasteiger partial charge in [-0.05, 0) is 79.6 Å². The van der Waals surface area contributed by atoms with Crippen molar-refractivity contribution in [3.05, 3.63) is 89.7 Å². The van der Waals surface area contributed by atoms with Gasteiger partial charge in [0.05, 0.1) is 17.5 Å². The molecule has 39 heavy (non-hydrogen) atoms. The third-order valence-corrected chi connectivity index (χ3v) is 8.72. The Balaban J connectivity index is 1.33. The van der Waals surface area contributed by atoms with Crippen molar-refractivity contribution in [1.29, 1.82) is 0 Å². The molecule has 4 N–H and O–H groups in total. The normalized spacial score (nSPS) is 18.9. The Kier molecular flexibility index (Phi) is 8.78. The summed E-state index contributed by atoms with van der Waals surface area (Å²) in [6, 6.07) is 17.3. The standard InChI is InChI=1S/C29H32F3N3O3S/c1-19(20-5-11-25(30)12-6-20)34-28(36)22-7-13-26(14-8-22)35-39(37,38)27-15-9-21(10-16-27)23-3-2-4-24(17-23)29(31,32)18-33/h2-6,9-12,15-17,19,22,26,35H,7-8,13-14,18,33H2,1H3,(H,34,36). The van der Waals surface area contributed by atoms with Gasteiger partial charge in [0.1, 0.15) is 5.82 Å². The Labute approximate surface area is 226 Å². The predicted octanol–water partition coefficient (Wildman–Crippen LogP) is 5.26. The van der Waals surface area contributed by atoms with E-state index < -0.39 is 22.5 Å². The molecule has 6 nitrogen and oxygen atoms in total. The monoisotopic (exact) mass is 559 g/mol. The predicted molar refractivity (Wildman–Crippen MR) is 144 cm³/mol. The number of hydrogen-bond donors (Lipinski definition) is 3. The molecular weight excluding hydrogens is 527 g/mol. The molecule has 3 aromatic rings. The van der Waals surface area contributed by atoms with Gasteiger partial charge in [-0.3, -0.25) is 4.79 Å². The first-order chi connectivity index (χ1) is 18.5. The van der Waals surface area contributed by atoms with Crippen molar-refractivity contribution in [3.8, 4) is 11.1 Å². The molecule has 1 fully saturated rings. The van der Waals surface area contributed by atoms with E-state index >= 15 is 0 Å². The second-order valence-electron chi connectivity index (χ2n) is 9.97. The van der Waals surface area contributed by atoms with Crippen LogP contribution in [-0.4, -0.2) is 26.9 Å². The van der Waals surface area contributed by atoms with E-state index in [0.29, 0.717) is 36.8 Å². The molecule has 3 aromatic carbocycles. The molecule has 1 unspecified atom stereocenters. The van der Waals surface area contributed by atoms with E-state index in [2.05, 4.69) is 10.0 Å². The molecular formula is C29H32F3N3O3S. The van der Waals surface area contributed by atoms with Gasteiger partial charge in [0.2, 0.25) is 15.9 Å². The summed E-state index contributed by atoms with van der Waals surface area (Å²) in [5, 5.41) is 2.96. The fraction of sp³-hybridized carbons (Fsp3) is 0.345. The van der Waals surface area contributed by atoms with Gasteiger partial charge in [0, 0.05) is 17.5 Å². The van der Waals surface area contributed by atoms with E-state index in [4.69, 9.17) is 5.73 Å². The summed E-state index contributed by atoms with van der Waals surface area (Å²) >= 11 is 0. The maximum atomic E-state index is 14.0. The fourth-order valence-electron chi connectivity index (χ4n) is 4.80. The summed E-state index contributed by atoms with van der Waals surface area (Å²) in [6.07, 6.45) is 2.11. The van der Waals surface area contributed by atoms with Crippen LogP contribution in [0, 0.1) is 11.7 Å². The van der Waals surface area contributed by atoms with Crippen LogP contribution in [0.15, 0.2) is 77.7 Å². The number of rotatable bonds is 9. The van der Waals surface area contributed by atoms with Crippen molar-refractivity contribution < 1.29 is 26.4 Å². The maximum Gasteiger partial charge on any atom is 0.285 e. The zero-order valence-corrected chi connectivity index (χ0v) is 22.4. The molecule has 1 atom stereocenters. The van der Waals surface area contributed by atoms with Crippen LogP contribution in [0.5, 0.6) is 0 Å². The van der Waals surface area contributed by atoms with Crippen LogP contribution in [0.2, 0.25) is 0 Å². The lowest BCUT2D eigenvalue weighted by molar-refractivity contribution is -0.126. The highest BCUT2D eigenvalue weighted by Gasteiger charge is 2.31. The SMILES string of the molecule is CC(NC(=O)C1CCC(NS(=O)(=O)c2ccc(-c3cccc(C(F)(F)CN)c3)cc2)CC1)c1ccc(F)cc1. The van der Waals surface area contributed by atoms with Gasteiger partial charge in [-0.2, -0.15) is 8.78 Å². The summed E-state index contributed by atoms with van der Waals surface area (Å²) in [4.78, 5) is 12.8. The molecule has 0 spiro atoms. The minimum absolute atomic E-state index is 0.0719. The van der Waals surface area contributed by atoms with Crippen LogP contribution in [0.1, 0.15) is 49.8 Å². The Morgan fingerprint density at radius 1 is 0.974 bits per heavy atom. The molecule has 1 amide bonds. The lowest BCUT2D eigenvalue weighted by Gasteiger charge is -2.29. The summed E-state index contributed by atoms with van der Waals surface area (Å²) < 4.78 is 69.8. The average Bonchev–Trinajstić information content (AvgIpc) is 2.93. The minimum Gasteiger partial charge on any atom is -0.349 e. The second-order valence-corrected chi connectivity index (χ2v) is 11.7. The third kappa shape index (κ3) is 7.06. The summed E-state index contributed by atoms with van der Waals surface area (Å²) in [6.45, 7) is 1.03. The molecule has 1 saturated carbocycles. The first-order valence-corrected chi connectivity index (χ1v) is 14.3. The van der Waals surface area contributed by atoms with Gasteiger partial charge in [-0.25, -0.2) is 17.5 Å². The van der Waals surface area contributed by atoms with Gasteiger partial charge in [-0.15, -0.1) is 0 Å². The molecule has 1 aliphatic carbocycles. The van der Waals surface area contributed by atoms with Crippen molar-refractivity contribution in [3.63, 3.8) is 0 Å². The Morgan fingerprint density at radius 3 is 2.23 bits per heavy atom. The average molecular weight is 560 g/mol. The van der Waals surface area contributed by atoms with Crippen LogP contribution < -0.4 is 15.8 Å². The Hall–Kier alpha value is -3.21. The topological polar surface area (TPSA) is 101 Å². The molecule has 0 aromatic heterocycles. The summed E-state index contributed by atoms with van der Waals surface area (Å²) in [7, 11) is -3.81. The zero-order chi connectivity index (χ0) is 28.2. The smallest absolute Gasteiger partial charge is 0.285 e. The summed E-state index contributed by atoms with van der Waals surface area (Å²) in [5.74, 6) is -3.81. The maximum absolute atomic E-state index is 14.0. The van der Waals surface area contributed by atoms with Crippen molar-refractivity contribution >= 4 is 15.9 Å². The number of benzene rings is 3. The van der Waals surface area contributed by atoms with E-state index in [1.807, 2.05) is 6.92 Å². The molecule has 4 rings (SSSR count). The number of nitrogens with one attached hydrogen (secondary N) is 2. The number of sulfonamides is 1. The minimum atomic E-state index is -3.81. The van der Waals surface area contributed by atoms with Gasteiger partial charge in [0.25, 0.3) is 5.92 Å². The Bertz CT molecular complexity index is 1390. The lowest BCUT2D eigenvalue weighted by Crippen LogP contribution is -2.41. The van der Waals surface area contributed by atoms with E-state index in [9.17, 15) is 26.4 Å². The number of hydrogen-bond acceptors (Lipinski definition) is 4. The molecule has 0 saturated heterocycles. The van der Waals surface area contributed by atoms with Crippen molar-refractivity contribution in [2.45, 2.75) is 55.5 Å². The number of halogens is 3. The zero-order valence-electron chi connectivity index (χ0n) is 21.5. The van der Waals surface area contributed by atoms with Crippen molar-refractivity contribution in [1.82, 2.24) is 10.0 Å². The highest BCUT2D eigenvalue weighted by molar-refractivity contribution is 7.89. The molecule has 208 valence electrons. The molecule has 0 aliphatic heterocycles. The quantitative estimate of drug-likeness (QED) is 0.333. The summed E-state index contributed by atoms with van der Waals surface area (Å²) in [5.41, 5.74) is 6.92. The molecule has 10 heteroatoms. The second kappa shape index (κ2) is 11.9. The van der Waals surface area contributed by atoms with Crippen LogP contribution in [0.3, 0.4) is 0 Å². The van der Waals surface area contributed by atoms with Crippen LogP contribution in [0.4, 0.5) is 13.2 Å². The molecule has 0 heterocycles. The highest BCUT2D eigenvalue weighted by atomic mass is 32.2. The van der Waals surface area contributed by atoms with E-state index in [0.717, 1.165) is 5.56 Å². The number of carbonyl (C=O) groups is 1. The van der Waals surface area contributed by atoms with E-state index in [1.54, 1.807) is 30.3 Å². The number of carbonyl (C=O) groups excluding carboxylic acids is 1. The highest BCUT2D eigenvalue weighted by Crippen LogP contribution is 2.31. The van der Waals surface area contributed by atoms with Crippen LogP contribution in [-0.2, 0) is 20.7 Å². The van der Waals surface area contributed by atoms with Crippen molar-refractivity contribution in [2.75, 3.05) is 6.54 Å². The van der Waals surface area contributed by atoms with E-state index in [1.165, 1.54) is 42.5 Å². The number of nitrogens with two attached hydrogens (primary N) is 1. The van der Waals surface area contributed by atoms with Gasteiger partial charge in [0.15, 0.2) is 0 Å². The van der Waals surface area contributed by atoms with Crippen molar-refractivity contribution in [2.24, 2.45) is 11.7 Å².